The van der Waals surface area contributed by atoms with E-state index in [0.717, 1.165) is 49.6 Å². The predicted molar refractivity (Wildman–Crippen MR) is 92.3 cm³/mol. The summed E-state index contributed by atoms with van der Waals surface area (Å²) in [4.78, 5) is 20.3. The van der Waals surface area contributed by atoms with E-state index in [1.54, 1.807) is 0 Å². The van der Waals surface area contributed by atoms with Gasteiger partial charge in [0.15, 0.2) is 5.82 Å². The lowest BCUT2D eigenvalue weighted by Gasteiger charge is -2.27. The Hall–Kier alpha value is -2.44. The molecule has 1 fully saturated rings. The van der Waals surface area contributed by atoms with Gasteiger partial charge in [-0.05, 0) is 37.8 Å². The van der Waals surface area contributed by atoms with Crippen LogP contribution in [0, 0.1) is 0 Å². The van der Waals surface area contributed by atoms with Crippen molar-refractivity contribution in [3.05, 3.63) is 35.6 Å². The Bertz CT molecular complexity index is 708. The molecular formula is C18H24N4O3. The first-order valence-corrected chi connectivity index (χ1v) is 8.79. The van der Waals surface area contributed by atoms with Crippen molar-refractivity contribution in [3.8, 4) is 0 Å². The number of esters is 1. The third-order valence-electron chi connectivity index (χ3n) is 4.59. The van der Waals surface area contributed by atoms with E-state index in [1.807, 2.05) is 25.1 Å². The van der Waals surface area contributed by atoms with Crippen molar-refractivity contribution >= 4 is 11.8 Å². The highest BCUT2D eigenvalue weighted by molar-refractivity contribution is 5.71. The summed E-state index contributed by atoms with van der Waals surface area (Å²) in [6.07, 6.45) is 5.08. The third kappa shape index (κ3) is 4.55. The van der Waals surface area contributed by atoms with E-state index < -0.39 is 0 Å². The van der Waals surface area contributed by atoms with Gasteiger partial charge in [-0.1, -0.05) is 18.1 Å². The van der Waals surface area contributed by atoms with E-state index >= 15 is 0 Å². The fourth-order valence-electron chi connectivity index (χ4n) is 3.15. The number of aryl methyl sites for hydroxylation is 1. The van der Waals surface area contributed by atoms with Gasteiger partial charge in [-0.25, -0.2) is 4.98 Å². The van der Waals surface area contributed by atoms with Crippen LogP contribution in [0.4, 0.5) is 5.82 Å². The Morgan fingerprint density at radius 2 is 2.08 bits per heavy atom. The summed E-state index contributed by atoms with van der Waals surface area (Å²) in [7, 11) is 1.38. The van der Waals surface area contributed by atoms with Crippen LogP contribution in [0.25, 0.3) is 0 Å². The smallest absolute Gasteiger partial charge is 0.311 e. The van der Waals surface area contributed by atoms with Crippen LogP contribution >= 0.6 is 0 Å². The number of methoxy groups -OCH3 is 1. The quantitative estimate of drug-likeness (QED) is 0.806. The van der Waals surface area contributed by atoms with Gasteiger partial charge >= 0.3 is 5.97 Å². The highest BCUT2D eigenvalue weighted by atomic mass is 16.5. The molecule has 0 unspecified atom stereocenters. The molecule has 1 N–H and O–H groups in total. The van der Waals surface area contributed by atoms with Crippen LogP contribution < -0.4 is 5.32 Å². The molecule has 0 atom stereocenters. The fraction of sp³-hybridized carbons (Fsp3) is 0.556. The largest absolute Gasteiger partial charge is 0.469 e. The van der Waals surface area contributed by atoms with Crippen LogP contribution in [0.3, 0.4) is 0 Å². The average Bonchev–Trinajstić information content (AvgIpc) is 3.12. The number of rotatable bonds is 6. The number of hydrogen-bond acceptors (Lipinski definition) is 7. The van der Waals surface area contributed by atoms with Gasteiger partial charge in [-0.15, -0.1) is 0 Å². The SMILES string of the molecule is CCc1noc(C2CCC(Nc3cccc(CC(=O)OC)n3)CC2)n1. The Balaban J connectivity index is 1.53. The monoisotopic (exact) mass is 344 g/mol. The van der Waals surface area contributed by atoms with Crippen molar-refractivity contribution < 1.29 is 14.1 Å². The summed E-state index contributed by atoms with van der Waals surface area (Å²) in [5.41, 5.74) is 0.712. The summed E-state index contributed by atoms with van der Waals surface area (Å²) < 4.78 is 10.1. The lowest BCUT2D eigenvalue weighted by molar-refractivity contribution is -0.139. The van der Waals surface area contributed by atoms with E-state index in [4.69, 9.17) is 4.52 Å². The fourth-order valence-corrected chi connectivity index (χ4v) is 3.15. The molecule has 1 aliphatic rings. The zero-order chi connectivity index (χ0) is 17.6. The van der Waals surface area contributed by atoms with Gasteiger partial charge in [0.2, 0.25) is 5.89 Å². The maximum Gasteiger partial charge on any atom is 0.311 e. The number of ether oxygens (including phenoxy) is 1. The van der Waals surface area contributed by atoms with E-state index in [0.29, 0.717) is 17.7 Å². The Labute approximate surface area is 147 Å². The first kappa shape index (κ1) is 17.4. The second-order valence-corrected chi connectivity index (χ2v) is 6.36. The Morgan fingerprint density at radius 3 is 2.76 bits per heavy atom. The second-order valence-electron chi connectivity index (χ2n) is 6.36. The second kappa shape index (κ2) is 8.09. The maximum absolute atomic E-state index is 11.4. The van der Waals surface area contributed by atoms with Crippen molar-refractivity contribution in [2.75, 3.05) is 12.4 Å². The van der Waals surface area contributed by atoms with Gasteiger partial charge in [-0.2, -0.15) is 4.98 Å². The van der Waals surface area contributed by atoms with Gasteiger partial charge in [0.1, 0.15) is 5.82 Å². The number of hydrogen-bond donors (Lipinski definition) is 1. The topological polar surface area (TPSA) is 90.1 Å². The van der Waals surface area contributed by atoms with Crippen molar-refractivity contribution in [2.45, 2.75) is 57.4 Å². The number of aromatic nitrogens is 3. The minimum absolute atomic E-state index is 0.190. The summed E-state index contributed by atoms with van der Waals surface area (Å²) in [5.74, 6) is 2.42. The number of carbonyl (C=O) groups is 1. The Morgan fingerprint density at radius 1 is 1.28 bits per heavy atom. The molecule has 0 bridgehead atoms. The highest BCUT2D eigenvalue weighted by Crippen LogP contribution is 2.33. The number of anilines is 1. The van der Waals surface area contributed by atoms with E-state index in [2.05, 4.69) is 25.2 Å². The van der Waals surface area contributed by atoms with Gasteiger partial charge in [-0.3, -0.25) is 4.79 Å². The normalized spacial score (nSPS) is 20.2. The average molecular weight is 344 g/mol. The predicted octanol–water partition coefficient (Wildman–Crippen LogP) is 2.88. The summed E-state index contributed by atoms with van der Waals surface area (Å²) in [6.45, 7) is 2.02. The minimum Gasteiger partial charge on any atom is -0.469 e. The molecule has 2 heterocycles. The van der Waals surface area contributed by atoms with Crippen LogP contribution in [-0.4, -0.2) is 34.2 Å². The lowest BCUT2D eigenvalue weighted by atomic mass is 9.86. The van der Waals surface area contributed by atoms with Crippen LogP contribution in [0.15, 0.2) is 22.7 Å². The van der Waals surface area contributed by atoms with Gasteiger partial charge in [0, 0.05) is 18.4 Å². The molecule has 1 aliphatic carbocycles. The maximum atomic E-state index is 11.4. The zero-order valence-electron chi connectivity index (χ0n) is 14.7. The van der Waals surface area contributed by atoms with Gasteiger partial charge in [0.05, 0.1) is 19.2 Å². The van der Waals surface area contributed by atoms with Crippen molar-refractivity contribution in [1.29, 1.82) is 0 Å². The molecule has 1 saturated carbocycles. The van der Waals surface area contributed by atoms with Crippen LogP contribution in [-0.2, 0) is 22.4 Å². The van der Waals surface area contributed by atoms with E-state index in [9.17, 15) is 4.79 Å². The van der Waals surface area contributed by atoms with E-state index in [1.165, 1.54) is 7.11 Å². The van der Waals surface area contributed by atoms with Gasteiger partial charge < -0.3 is 14.6 Å². The lowest BCUT2D eigenvalue weighted by Crippen LogP contribution is -2.26. The number of pyridine rings is 1. The minimum atomic E-state index is -0.281. The zero-order valence-corrected chi connectivity index (χ0v) is 14.7. The molecule has 0 radical (unpaired) electrons. The van der Waals surface area contributed by atoms with Crippen LogP contribution in [0.2, 0.25) is 0 Å². The molecule has 0 aliphatic heterocycles. The molecule has 25 heavy (non-hydrogen) atoms. The highest BCUT2D eigenvalue weighted by Gasteiger charge is 2.26. The molecule has 7 nitrogen and oxygen atoms in total. The van der Waals surface area contributed by atoms with Crippen molar-refractivity contribution in [2.24, 2.45) is 0 Å². The first-order chi connectivity index (χ1) is 12.2. The van der Waals surface area contributed by atoms with Crippen LogP contribution in [0.1, 0.15) is 55.9 Å². The summed E-state index contributed by atoms with van der Waals surface area (Å²) >= 11 is 0. The molecule has 0 amide bonds. The van der Waals surface area contributed by atoms with Gasteiger partial charge in [0.25, 0.3) is 0 Å². The standard InChI is InChI=1S/C18H24N4O3/c1-3-15-21-18(25-22-15)12-7-9-13(10-8-12)19-16-6-4-5-14(20-16)11-17(23)24-2/h4-6,12-13H,3,7-11H2,1-2H3,(H,19,20). The number of nitrogens with one attached hydrogen (secondary N) is 1. The van der Waals surface area contributed by atoms with E-state index in [-0.39, 0.29) is 12.4 Å². The molecule has 134 valence electrons. The molecule has 2 aromatic rings. The molecule has 7 heteroatoms. The first-order valence-electron chi connectivity index (χ1n) is 8.79. The Kier molecular flexibility index (Phi) is 5.63. The molecule has 3 rings (SSSR count). The molecule has 2 aromatic heterocycles. The number of nitrogens with zero attached hydrogens (tertiary/aromatic N) is 3. The third-order valence-corrected chi connectivity index (χ3v) is 4.59. The number of carbonyl (C=O) groups excluding carboxylic acids is 1. The molecule has 0 saturated heterocycles. The molecule has 0 spiro atoms. The van der Waals surface area contributed by atoms with Crippen molar-refractivity contribution in [3.63, 3.8) is 0 Å². The summed E-state index contributed by atoms with van der Waals surface area (Å²) in [5, 5.41) is 7.46. The molecule has 0 aromatic carbocycles. The van der Waals surface area contributed by atoms with Crippen molar-refractivity contribution in [1.82, 2.24) is 15.1 Å². The summed E-state index contributed by atoms with van der Waals surface area (Å²) in [6, 6.07) is 6.04. The van der Waals surface area contributed by atoms with Crippen LogP contribution in [0.5, 0.6) is 0 Å². The molecular weight excluding hydrogens is 320 g/mol.